The zero-order valence-corrected chi connectivity index (χ0v) is 26.4. The van der Waals surface area contributed by atoms with Crippen LogP contribution >= 0.6 is 23.2 Å². The average Bonchev–Trinajstić information content (AvgIpc) is 3.34. The molecule has 3 aromatic rings. The maximum absolute atomic E-state index is 13.7. The molecule has 0 radical (unpaired) electrons. The second kappa shape index (κ2) is 11.3. The van der Waals surface area contributed by atoms with Gasteiger partial charge in [0, 0.05) is 49.2 Å². The molecule has 2 fully saturated rings. The summed E-state index contributed by atoms with van der Waals surface area (Å²) >= 11 is 12.3. The maximum atomic E-state index is 13.7. The van der Waals surface area contributed by atoms with Gasteiger partial charge in [0.1, 0.15) is 11.9 Å². The van der Waals surface area contributed by atoms with Crippen molar-refractivity contribution in [1.82, 2.24) is 9.80 Å². The highest BCUT2D eigenvalue weighted by Crippen LogP contribution is 2.65. The number of ether oxygens (including phenoxy) is 2. The molecule has 9 heteroatoms. The summed E-state index contributed by atoms with van der Waals surface area (Å²) in [4.78, 5) is 30.2. The van der Waals surface area contributed by atoms with Crippen LogP contribution in [0.2, 0.25) is 10.0 Å². The quantitative estimate of drug-likeness (QED) is 0.255. The molecule has 1 amide bonds. The van der Waals surface area contributed by atoms with Gasteiger partial charge >= 0.3 is 5.97 Å². The summed E-state index contributed by atoms with van der Waals surface area (Å²) in [6, 6.07) is 17.4. The molecule has 2 aliphatic heterocycles. The highest BCUT2D eigenvalue weighted by molar-refractivity contribution is 6.42. The summed E-state index contributed by atoms with van der Waals surface area (Å²) in [5.41, 5.74) is 3.58. The number of hydrogen-bond acceptors (Lipinski definition) is 6. The Balaban J connectivity index is 1.24. The second-order valence-electron chi connectivity index (χ2n) is 12.7. The topological polar surface area (TPSA) is 79.3 Å². The summed E-state index contributed by atoms with van der Waals surface area (Å²) < 4.78 is 12.5. The van der Waals surface area contributed by atoms with Crippen LogP contribution in [0, 0.1) is 5.92 Å². The van der Waals surface area contributed by atoms with E-state index in [2.05, 4.69) is 29.2 Å². The van der Waals surface area contributed by atoms with Gasteiger partial charge in [-0.25, -0.2) is 0 Å². The van der Waals surface area contributed by atoms with E-state index in [0.717, 1.165) is 55.5 Å². The predicted octanol–water partition coefficient (Wildman–Crippen LogP) is 5.98. The largest absolute Gasteiger partial charge is 0.508 e. The zero-order valence-electron chi connectivity index (χ0n) is 24.9. The number of carbonyl (C=O) groups excluding carboxylic acids is 2. The van der Waals surface area contributed by atoms with E-state index in [-0.39, 0.29) is 47.9 Å². The van der Waals surface area contributed by atoms with Gasteiger partial charge in [0.25, 0.3) is 0 Å². The predicted molar refractivity (Wildman–Crippen MR) is 169 cm³/mol. The first-order valence-corrected chi connectivity index (χ1v) is 16.1. The third-order valence-electron chi connectivity index (χ3n) is 10.5. The van der Waals surface area contributed by atoms with Crippen LogP contribution in [0.3, 0.4) is 0 Å². The molecule has 5 atom stereocenters. The van der Waals surface area contributed by atoms with Crippen LogP contribution in [-0.4, -0.2) is 65.1 Å². The highest BCUT2D eigenvalue weighted by Gasteiger charge is 2.67. The Kier molecular flexibility index (Phi) is 7.54. The molecule has 0 unspecified atom stereocenters. The molecule has 1 saturated carbocycles. The van der Waals surface area contributed by atoms with Gasteiger partial charge in [0.15, 0.2) is 11.5 Å². The van der Waals surface area contributed by atoms with Crippen molar-refractivity contribution in [1.29, 1.82) is 0 Å². The van der Waals surface area contributed by atoms with E-state index < -0.39 is 11.4 Å². The minimum absolute atomic E-state index is 0.0290. The lowest BCUT2D eigenvalue weighted by atomic mass is 9.50. The third kappa shape index (κ3) is 4.75. The van der Waals surface area contributed by atoms with Crippen LogP contribution in [0.4, 0.5) is 0 Å². The number of esters is 1. The average molecular weight is 636 g/mol. The van der Waals surface area contributed by atoms with Crippen molar-refractivity contribution in [2.75, 3.05) is 20.1 Å². The molecule has 1 saturated heterocycles. The first-order chi connectivity index (χ1) is 21.2. The maximum Gasteiger partial charge on any atom is 0.308 e. The molecule has 44 heavy (non-hydrogen) atoms. The van der Waals surface area contributed by atoms with E-state index in [1.807, 2.05) is 24.1 Å². The SMILES string of the molecule is CC(=O)Oc1cc(O)c2c3c1O[C@H]1[C@@H](N(C)C(=O)Cc4ccc(Cl)c(Cl)c4)CC[C@H]4[C@@H](C2)N(CCc2ccccc2)CC[C@@]341. The van der Waals surface area contributed by atoms with Gasteiger partial charge in [-0.1, -0.05) is 59.6 Å². The Morgan fingerprint density at radius 3 is 2.64 bits per heavy atom. The van der Waals surface area contributed by atoms with Gasteiger partial charge in [0.05, 0.1) is 22.5 Å². The molecule has 1 spiro atoms. The van der Waals surface area contributed by atoms with Crippen molar-refractivity contribution in [3.05, 3.63) is 86.9 Å². The van der Waals surface area contributed by atoms with Gasteiger partial charge in [-0.15, -0.1) is 0 Å². The van der Waals surface area contributed by atoms with Crippen LogP contribution < -0.4 is 9.47 Å². The molecule has 1 N–H and O–H groups in total. The summed E-state index contributed by atoms with van der Waals surface area (Å²) in [5, 5.41) is 12.2. The number of benzene rings is 3. The van der Waals surface area contributed by atoms with E-state index >= 15 is 0 Å². The van der Waals surface area contributed by atoms with E-state index in [1.54, 1.807) is 12.1 Å². The lowest BCUT2D eigenvalue weighted by molar-refractivity contribution is -0.139. The Morgan fingerprint density at radius 2 is 1.89 bits per heavy atom. The first kappa shape index (κ1) is 29.5. The van der Waals surface area contributed by atoms with Crippen LogP contribution in [0.1, 0.15) is 48.4 Å². The number of hydrogen-bond donors (Lipinski definition) is 1. The lowest BCUT2D eigenvalue weighted by Gasteiger charge is -2.60. The number of likely N-dealkylation sites (N-methyl/N-ethyl adjacent to an activating group) is 1. The van der Waals surface area contributed by atoms with Gasteiger partial charge in [-0.3, -0.25) is 14.5 Å². The van der Waals surface area contributed by atoms with E-state index in [9.17, 15) is 14.7 Å². The van der Waals surface area contributed by atoms with E-state index in [1.165, 1.54) is 18.6 Å². The number of phenols is 1. The molecule has 7 nitrogen and oxygen atoms in total. The van der Waals surface area contributed by atoms with E-state index in [4.69, 9.17) is 32.7 Å². The minimum Gasteiger partial charge on any atom is -0.508 e. The first-order valence-electron chi connectivity index (χ1n) is 15.4. The van der Waals surface area contributed by atoms with E-state index in [0.29, 0.717) is 22.2 Å². The number of phenolic OH excluding ortho intramolecular Hbond substituents is 1. The van der Waals surface area contributed by atoms with Crippen molar-refractivity contribution in [3.63, 3.8) is 0 Å². The van der Waals surface area contributed by atoms with Gasteiger partial charge in [-0.2, -0.15) is 0 Å². The fourth-order valence-corrected chi connectivity index (χ4v) is 8.93. The summed E-state index contributed by atoms with van der Waals surface area (Å²) in [6.45, 7) is 3.18. The number of halogens is 2. The molecular formula is C35H36Cl2N2O5. The Bertz CT molecular complexity index is 1630. The number of aromatic hydroxyl groups is 1. The third-order valence-corrected chi connectivity index (χ3v) is 11.2. The molecule has 2 bridgehead atoms. The fourth-order valence-electron chi connectivity index (χ4n) is 8.61. The Morgan fingerprint density at radius 1 is 1.09 bits per heavy atom. The Hall–Kier alpha value is -3.26. The number of piperidine rings is 1. The summed E-state index contributed by atoms with van der Waals surface area (Å²) in [5.74, 6) is 0.735. The fraction of sp³-hybridized carbons (Fsp3) is 0.429. The Labute approximate surface area is 267 Å². The molecule has 7 rings (SSSR count). The molecule has 2 aliphatic carbocycles. The smallest absolute Gasteiger partial charge is 0.308 e. The summed E-state index contributed by atoms with van der Waals surface area (Å²) in [6.07, 6.45) is 4.10. The second-order valence-corrected chi connectivity index (χ2v) is 13.5. The van der Waals surface area contributed by atoms with Crippen molar-refractivity contribution < 1.29 is 24.2 Å². The monoisotopic (exact) mass is 634 g/mol. The van der Waals surface area contributed by atoms with Crippen molar-refractivity contribution in [3.8, 4) is 17.2 Å². The minimum atomic E-state index is -0.469. The zero-order chi connectivity index (χ0) is 30.7. The molecule has 230 valence electrons. The number of amides is 1. The van der Waals surface area contributed by atoms with Crippen LogP contribution in [-0.2, 0) is 34.3 Å². The van der Waals surface area contributed by atoms with Crippen molar-refractivity contribution in [2.24, 2.45) is 5.92 Å². The summed E-state index contributed by atoms with van der Waals surface area (Å²) in [7, 11) is 1.86. The lowest BCUT2D eigenvalue weighted by Crippen LogP contribution is -2.69. The molecular weight excluding hydrogens is 599 g/mol. The normalized spacial score (nSPS) is 26.5. The van der Waals surface area contributed by atoms with Crippen LogP contribution in [0.15, 0.2) is 54.6 Å². The highest BCUT2D eigenvalue weighted by atomic mass is 35.5. The number of carbonyl (C=O) groups is 2. The number of likely N-dealkylation sites (tertiary alicyclic amines) is 1. The van der Waals surface area contributed by atoms with Crippen molar-refractivity contribution in [2.45, 2.75) is 69.1 Å². The number of rotatable bonds is 7. The molecule has 2 heterocycles. The van der Waals surface area contributed by atoms with Gasteiger partial charge < -0.3 is 19.5 Å². The van der Waals surface area contributed by atoms with Crippen molar-refractivity contribution >= 4 is 35.1 Å². The number of nitrogens with zero attached hydrogens (tertiary/aromatic N) is 2. The molecule has 3 aromatic carbocycles. The van der Waals surface area contributed by atoms with Gasteiger partial charge in [-0.05, 0) is 67.8 Å². The standard InChI is InChI=1S/C35H36Cl2N2O5/c1-20(40)43-30-19-29(41)23-18-28-24-9-11-27(38(2)31(42)17-22-8-10-25(36)26(37)16-22)34-35(24,32(23)33(30)44-34)13-15-39(28)14-12-21-6-4-3-5-7-21/h3-8,10,16,19,24,27-28,34,41H,9,11-15,17-18H2,1-2H3/t24-,27-,28+,34-,35-/m0/s1. The van der Waals surface area contributed by atoms with Crippen LogP contribution in [0.25, 0.3) is 0 Å². The van der Waals surface area contributed by atoms with Gasteiger partial charge in [0.2, 0.25) is 5.91 Å². The van der Waals surface area contributed by atoms with Crippen LogP contribution in [0.5, 0.6) is 17.2 Å². The molecule has 0 aromatic heterocycles. The molecule has 4 aliphatic rings.